The van der Waals surface area contributed by atoms with Crippen LogP contribution in [0.25, 0.3) is 0 Å². The van der Waals surface area contributed by atoms with Gasteiger partial charge in [0.15, 0.2) is 0 Å². The standard InChI is InChI=1S/C25H30NO4/c27-24(29-23-14-18-28-19-23)13-17-26-15-11-22(12-16-26)30-25(20-7-3-1-4-8-20)21-9-5-2-6-10-21/h1-10,15,22-23,25H,11-14,16-19H2/q-1. The van der Waals surface area contributed by atoms with Crippen LogP contribution in [-0.2, 0) is 19.0 Å². The molecule has 4 rings (SSSR count). The monoisotopic (exact) mass is 408 g/mol. The zero-order chi connectivity index (χ0) is 20.6. The van der Waals surface area contributed by atoms with Gasteiger partial charge in [0.05, 0.1) is 19.6 Å². The van der Waals surface area contributed by atoms with Gasteiger partial charge in [-0.25, -0.2) is 0 Å². The Kier molecular flexibility index (Phi) is 7.51. The van der Waals surface area contributed by atoms with Crippen molar-refractivity contribution in [1.82, 2.24) is 4.90 Å². The molecule has 0 saturated carbocycles. The number of carbonyl (C=O) groups excluding carboxylic acids is 1. The Morgan fingerprint density at radius 1 is 1.03 bits per heavy atom. The number of nitrogens with zero attached hydrogens (tertiary/aromatic N) is 1. The van der Waals surface area contributed by atoms with Gasteiger partial charge >= 0.3 is 5.97 Å². The molecule has 2 aromatic rings. The van der Waals surface area contributed by atoms with Gasteiger partial charge in [-0.1, -0.05) is 60.7 Å². The topological polar surface area (TPSA) is 48.0 Å². The Bertz CT molecular complexity index is 729. The van der Waals surface area contributed by atoms with Crippen molar-refractivity contribution in [2.45, 2.75) is 44.0 Å². The molecule has 30 heavy (non-hydrogen) atoms. The van der Waals surface area contributed by atoms with E-state index in [0.29, 0.717) is 26.2 Å². The van der Waals surface area contributed by atoms with E-state index >= 15 is 0 Å². The lowest BCUT2D eigenvalue weighted by molar-refractivity contribution is -0.149. The second-order valence-corrected chi connectivity index (χ2v) is 7.93. The molecule has 0 aliphatic carbocycles. The molecule has 2 heterocycles. The number of rotatable bonds is 8. The third-order valence-electron chi connectivity index (χ3n) is 5.69. The highest BCUT2D eigenvalue weighted by atomic mass is 16.6. The number of hydrogen-bond acceptors (Lipinski definition) is 5. The van der Waals surface area contributed by atoms with Gasteiger partial charge in [0, 0.05) is 12.5 Å². The fourth-order valence-electron chi connectivity index (χ4n) is 4.00. The van der Waals surface area contributed by atoms with Crippen LogP contribution in [0.5, 0.6) is 0 Å². The van der Waals surface area contributed by atoms with Gasteiger partial charge in [-0.15, -0.1) is 6.42 Å². The van der Waals surface area contributed by atoms with Gasteiger partial charge < -0.3 is 19.1 Å². The number of ether oxygens (including phenoxy) is 3. The summed E-state index contributed by atoms with van der Waals surface area (Å²) >= 11 is 0. The average molecular weight is 409 g/mol. The predicted octanol–water partition coefficient (Wildman–Crippen LogP) is 4.14. The molecule has 5 heteroatoms. The smallest absolute Gasteiger partial charge is 0.307 e. The quantitative estimate of drug-likeness (QED) is 0.485. The summed E-state index contributed by atoms with van der Waals surface area (Å²) < 4.78 is 17.3. The molecule has 160 valence electrons. The van der Waals surface area contributed by atoms with E-state index in [-0.39, 0.29) is 24.3 Å². The molecule has 2 fully saturated rings. The third-order valence-corrected chi connectivity index (χ3v) is 5.69. The van der Waals surface area contributed by atoms with E-state index in [9.17, 15) is 4.79 Å². The maximum atomic E-state index is 12.0. The largest absolute Gasteiger partial charge is 0.460 e. The summed E-state index contributed by atoms with van der Waals surface area (Å²) in [4.78, 5) is 14.2. The van der Waals surface area contributed by atoms with E-state index in [4.69, 9.17) is 14.2 Å². The molecule has 0 N–H and O–H groups in total. The molecule has 0 radical (unpaired) electrons. The first-order valence-corrected chi connectivity index (χ1v) is 10.9. The zero-order valence-electron chi connectivity index (χ0n) is 17.3. The molecular formula is C25H30NO4-. The number of piperidine rings is 1. The van der Waals surface area contributed by atoms with Gasteiger partial charge in [-0.2, -0.15) is 0 Å². The Morgan fingerprint density at radius 2 is 1.73 bits per heavy atom. The minimum Gasteiger partial charge on any atom is -0.460 e. The third kappa shape index (κ3) is 5.91. The number of hydrogen-bond donors (Lipinski definition) is 0. The number of benzene rings is 2. The van der Waals surface area contributed by atoms with Crippen molar-refractivity contribution in [1.29, 1.82) is 0 Å². The van der Waals surface area contributed by atoms with Crippen LogP contribution in [0.4, 0.5) is 0 Å². The van der Waals surface area contributed by atoms with Crippen LogP contribution in [-0.4, -0.2) is 49.4 Å². The van der Waals surface area contributed by atoms with Crippen molar-refractivity contribution >= 4 is 5.97 Å². The highest BCUT2D eigenvalue weighted by molar-refractivity contribution is 5.69. The predicted molar refractivity (Wildman–Crippen MR) is 115 cm³/mol. The fraction of sp³-hybridized carbons (Fsp3) is 0.440. The maximum Gasteiger partial charge on any atom is 0.307 e. The second-order valence-electron chi connectivity index (χ2n) is 7.93. The normalized spacial score (nSPS) is 22.3. The number of carbonyl (C=O) groups is 1. The van der Waals surface area contributed by atoms with Crippen molar-refractivity contribution < 1.29 is 19.0 Å². The molecule has 5 nitrogen and oxygen atoms in total. The minimum absolute atomic E-state index is 0.0616. The molecule has 2 atom stereocenters. The van der Waals surface area contributed by atoms with Gasteiger partial charge in [-0.05, 0) is 30.6 Å². The van der Waals surface area contributed by atoms with Crippen LogP contribution < -0.4 is 0 Å². The molecule has 2 aromatic carbocycles. The highest BCUT2D eigenvalue weighted by Crippen LogP contribution is 2.30. The first kappa shape index (κ1) is 21.0. The first-order chi connectivity index (χ1) is 14.8. The van der Waals surface area contributed by atoms with E-state index in [2.05, 4.69) is 60.0 Å². The maximum absolute atomic E-state index is 12.0. The van der Waals surface area contributed by atoms with Crippen molar-refractivity contribution in [3.8, 4) is 0 Å². The fourth-order valence-corrected chi connectivity index (χ4v) is 4.00. The van der Waals surface area contributed by atoms with Gasteiger partial charge in [-0.3, -0.25) is 11.3 Å². The van der Waals surface area contributed by atoms with Crippen LogP contribution in [0.15, 0.2) is 60.7 Å². The molecule has 2 saturated heterocycles. The Morgan fingerprint density at radius 3 is 2.30 bits per heavy atom. The number of esters is 1. The molecule has 0 aromatic heterocycles. The van der Waals surface area contributed by atoms with Gasteiger partial charge in [0.25, 0.3) is 0 Å². The van der Waals surface area contributed by atoms with Crippen LogP contribution in [0, 0.1) is 6.54 Å². The van der Waals surface area contributed by atoms with Crippen molar-refractivity contribution in [3.63, 3.8) is 0 Å². The van der Waals surface area contributed by atoms with Crippen LogP contribution in [0.2, 0.25) is 0 Å². The Labute approximate surface area is 178 Å². The van der Waals surface area contributed by atoms with E-state index in [1.165, 1.54) is 11.1 Å². The minimum atomic E-state index is -0.134. The van der Waals surface area contributed by atoms with Crippen LogP contribution >= 0.6 is 0 Å². The van der Waals surface area contributed by atoms with E-state index in [1.807, 2.05) is 12.1 Å². The van der Waals surface area contributed by atoms with Crippen LogP contribution in [0.3, 0.4) is 0 Å². The first-order valence-electron chi connectivity index (χ1n) is 10.9. The Balaban J connectivity index is 1.26. The molecule has 0 amide bonds. The van der Waals surface area contributed by atoms with Crippen molar-refractivity contribution in [2.75, 3.05) is 26.3 Å². The van der Waals surface area contributed by atoms with Gasteiger partial charge in [0.2, 0.25) is 0 Å². The van der Waals surface area contributed by atoms with E-state index in [0.717, 1.165) is 25.8 Å². The SMILES string of the molecule is O=C(CCN1[CH-]CC(OC(c2ccccc2)c2ccccc2)CC1)OC1CCOC1. The van der Waals surface area contributed by atoms with E-state index < -0.39 is 0 Å². The summed E-state index contributed by atoms with van der Waals surface area (Å²) in [6.07, 6.45) is 3.04. The summed E-state index contributed by atoms with van der Waals surface area (Å²) in [5.41, 5.74) is 2.34. The van der Waals surface area contributed by atoms with Crippen molar-refractivity contribution in [2.24, 2.45) is 0 Å². The Hall–Kier alpha value is -2.21. The summed E-state index contributed by atoms with van der Waals surface area (Å²) in [5.74, 6) is -0.134. The van der Waals surface area contributed by atoms with Gasteiger partial charge in [0.1, 0.15) is 12.2 Å². The lowest BCUT2D eigenvalue weighted by Gasteiger charge is -2.42. The lowest BCUT2D eigenvalue weighted by atomic mass is 10.00. The molecule has 0 bridgehead atoms. The molecule has 0 spiro atoms. The average Bonchev–Trinajstić information content (AvgIpc) is 3.31. The zero-order valence-corrected chi connectivity index (χ0v) is 17.3. The molecule has 2 aliphatic heterocycles. The number of likely N-dealkylation sites (tertiary alicyclic amines) is 1. The van der Waals surface area contributed by atoms with E-state index in [1.54, 1.807) is 0 Å². The molecule has 2 unspecified atom stereocenters. The lowest BCUT2D eigenvalue weighted by Crippen LogP contribution is -2.36. The second kappa shape index (κ2) is 10.7. The highest BCUT2D eigenvalue weighted by Gasteiger charge is 2.22. The van der Waals surface area contributed by atoms with Crippen molar-refractivity contribution in [3.05, 3.63) is 78.3 Å². The summed E-state index contributed by atoms with van der Waals surface area (Å²) in [6, 6.07) is 20.8. The summed E-state index contributed by atoms with van der Waals surface area (Å²) in [6.45, 7) is 4.98. The summed E-state index contributed by atoms with van der Waals surface area (Å²) in [7, 11) is 0. The molecule has 2 aliphatic rings. The van der Waals surface area contributed by atoms with Crippen LogP contribution in [0.1, 0.15) is 42.9 Å². The molecular weight excluding hydrogens is 378 g/mol. The summed E-state index contributed by atoms with van der Waals surface area (Å²) in [5, 5.41) is 0.